The summed E-state index contributed by atoms with van der Waals surface area (Å²) in [7, 11) is 6.29. The number of aromatic hydroxyl groups is 1. The Bertz CT molecular complexity index is 897. The molecular weight excluding hydrogens is 401 g/mol. The van der Waals surface area contributed by atoms with Crippen molar-refractivity contribution in [2.45, 2.75) is 0 Å². The van der Waals surface area contributed by atoms with Gasteiger partial charge in [0.2, 0.25) is 0 Å². The van der Waals surface area contributed by atoms with Gasteiger partial charge < -0.3 is 0 Å². The van der Waals surface area contributed by atoms with Crippen molar-refractivity contribution in [3.05, 3.63) is 36.5 Å². The van der Waals surface area contributed by atoms with E-state index in [1.165, 1.54) is 7.11 Å². The summed E-state index contributed by atoms with van der Waals surface area (Å²) in [5.74, 6) is 2.27. The van der Waals surface area contributed by atoms with Crippen LogP contribution in [0.15, 0.2) is 36.5 Å². The van der Waals surface area contributed by atoms with E-state index in [9.17, 15) is 5.11 Å². The number of benzene rings is 2. The van der Waals surface area contributed by atoms with E-state index in [1.54, 1.807) is 27.4 Å². The standard InChI is InChI=1S/C19H19NO5Se/c1-22-15-7-11(5-6-14(15)21)19-13(10-20-26-19)12-8-16(23-2)18(25-4)17(9-12)24-3/h5-10,21H,1-4H3. The molecule has 1 N–H and O–H groups in total. The molecule has 0 bridgehead atoms. The van der Waals surface area contributed by atoms with Crippen molar-refractivity contribution >= 4 is 14.7 Å². The zero-order chi connectivity index (χ0) is 18.7. The van der Waals surface area contributed by atoms with E-state index >= 15 is 0 Å². The van der Waals surface area contributed by atoms with Crippen molar-refractivity contribution in [3.63, 3.8) is 0 Å². The quantitative estimate of drug-likeness (QED) is 0.618. The Labute approximate surface area is 157 Å². The van der Waals surface area contributed by atoms with Crippen LogP contribution in [0.4, 0.5) is 0 Å². The average Bonchev–Trinajstić information content (AvgIpc) is 3.16. The molecule has 0 radical (unpaired) electrons. The normalized spacial score (nSPS) is 10.5. The number of hydrogen-bond acceptors (Lipinski definition) is 6. The first-order valence-electron chi connectivity index (χ1n) is 7.75. The molecule has 0 aliphatic carbocycles. The fraction of sp³-hybridized carbons (Fsp3) is 0.211. The Morgan fingerprint density at radius 2 is 1.42 bits per heavy atom. The van der Waals surface area contributed by atoms with E-state index in [2.05, 4.69) is 3.98 Å². The zero-order valence-electron chi connectivity index (χ0n) is 14.9. The topological polar surface area (TPSA) is 70.0 Å². The van der Waals surface area contributed by atoms with E-state index in [0.717, 1.165) is 21.1 Å². The number of phenols is 1. The Kier molecular flexibility index (Phi) is 5.40. The predicted octanol–water partition coefficient (Wildman–Crippen LogP) is 3.21. The van der Waals surface area contributed by atoms with E-state index in [-0.39, 0.29) is 20.5 Å². The van der Waals surface area contributed by atoms with Gasteiger partial charge >= 0.3 is 158 Å². The van der Waals surface area contributed by atoms with E-state index < -0.39 is 0 Å². The molecule has 2 aromatic carbocycles. The molecule has 3 aromatic rings. The first-order chi connectivity index (χ1) is 12.6. The fourth-order valence-electron chi connectivity index (χ4n) is 2.71. The van der Waals surface area contributed by atoms with E-state index in [4.69, 9.17) is 18.9 Å². The van der Waals surface area contributed by atoms with Gasteiger partial charge in [-0.15, -0.1) is 0 Å². The molecule has 136 valence electrons. The van der Waals surface area contributed by atoms with E-state index in [1.807, 2.05) is 30.5 Å². The molecule has 0 aliphatic heterocycles. The number of phenolic OH excluding ortho intramolecular Hbond substituents is 1. The molecule has 1 heterocycles. The second kappa shape index (κ2) is 7.72. The summed E-state index contributed by atoms with van der Waals surface area (Å²) >= 11 is -0.0717. The molecule has 1 aromatic heterocycles. The van der Waals surface area contributed by atoms with Gasteiger partial charge in [0.25, 0.3) is 0 Å². The monoisotopic (exact) mass is 421 g/mol. The van der Waals surface area contributed by atoms with Crippen LogP contribution in [0.2, 0.25) is 0 Å². The van der Waals surface area contributed by atoms with Gasteiger partial charge in [0.15, 0.2) is 0 Å². The summed E-state index contributed by atoms with van der Waals surface area (Å²) in [4.78, 5) is 0. The average molecular weight is 420 g/mol. The van der Waals surface area contributed by atoms with Crippen LogP contribution < -0.4 is 18.9 Å². The van der Waals surface area contributed by atoms with Gasteiger partial charge in [-0.3, -0.25) is 0 Å². The van der Waals surface area contributed by atoms with Crippen LogP contribution in [0.25, 0.3) is 21.1 Å². The summed E-state index contributed by atoms with van der Waals surface area (Å²) in [5, 5.41) is 9.84. The summed E-state index contributed by atoms with van der Waals surface area (Å²) < 4.78 is 27.1. The third kappa shape index (κ3) is 3.23. The molecule has 0 aliphatic rings. The van der Waals surface area contributed by atoms with Crippen LogP contribution >= 0.6 is 0 Å². The minimum absolute atomic E-state index is 0.0717. The number of rotatable bonds is 6. The first-order valence-corrected chi connectivity index (χ1v) is 9.37. The van der Waals surface area contributed by atoms with Crippen molar-refractivity contribution in [3.8, 4) is 49.9 Å². The fourth-order valence-corrected chi connectivity index (χ4v) is 4.31. The van der Waals surface area contributed by atoms with Gasteiger partial charge in [0, 0.05) is 0 Å². The number of methoxy groups -OCH3 is 4. The second-order valence-electron chi connectivity index (χ2n) is 5.37. The Balaban J connectivity index is 2.14. The molecule has 0 atom stereocenters. The molecule has 0 amide bonds. The molecule has 0 saturated carbocycles. The van der Waals surface area contributed by atoms with Gasteiger partial charge in [-0.2, -0.15) is 0 Å². The molecule has 3 rings (SSSR count). The van der Waals surface area contributed by atoms with Crippen molar-refractivity contribution in [1.82, 2.24) is 3.98 Å². The summed E-state index contributed by atoms with van der Waals surface area (Å²) in [6.45, 7) is 0. The Morgan fingerprint density at radius 1 is 0.808 bits per heavy atom. The number of ether oxygens (including phenoxy) is 4. The minimum atomic E-state index is -0.0717. The van der Waals surface area contributed by atoms with E-state index in [0.29, 0.717) is 23.0 Å². The van der Waals surface area contributed by atoms with Gasteiger partial charge in [-0.05, 0) is 0 Å². The summed E-state index contributed by atoms with van der Waals surface area (Å²) in [6.07, 6.45) is 1.86. The molecule has 0 fully saturated rings. The van der Waals surface area contributed by atoms with Crippen LogP contribution in [-0.2, 0) is 0 Å². The SMILES string of the molecule is COc1cc(-c2[se]ncc2-c2cc(OC)c(OC)c(OC)c2)ccc1O. The first kappa shape index (κ1) is 18.2. The molecule has 7 heteroatoms. The molecular formula is C19H19NO5Se. The van der Waals surface area contributed by atoms with Gasteiger partial charge in [0.05, 0.1) is 0 Å². The summed E-state index contributed by atoms with van der Waals surface area (Å²) in [5.41, 5.74) is 2.86. The predicted molar refractivity (Wildman–Crippen MR) is 99.9 cm³/mol. The molecule has 0 spiro atoms. The number of nitrogens with zero attached hydrogens (tertiary/aromatic N) is 1. The van der Waals surface area contributed by atoms with Crippen LogP contribution in [0, 0.1) is 0 Å². The molecule has 6 nitrogen and oxygen atoms in total. The van der Waals surface area contributed by atoms with Crippen LogP contribution in [0.3, 0.4) is 0 Å². The Hall–Kier alpha value is -2.63. The third-order valence-corrected chi connectivity index (χ3v) is 5.77. The molecule has 0 unspecified atom stereocenters. The van der Waals surface area contributed by atoms with Gasteiger partial charge in [-0.25, -0.2) is 0 Å². The molecule has 0 saturated heterocycles. The van der Waals surface area contributed by atoms with Crippen molar-refractivity contribution < 1.29 is 24.1 Å². The maximum atomic E-state index is 9.84. The van der Waals surface area contributed by atoms with Crippen molar-refractivity contribution in [2.75, 3.05) is 28.4 Å². The van der Waals surface area contributed by atoms with Crippen LogP contribution in [0.1, 0.15) is 0 Å². The third-order valence-electron chi connectivity index (χ3n) is 3.99. The Morgan fingerprint density at radius 3 is 2.00 bits per heavy atom. The van der Waals surface area contributed by atoms with Crippen molar-refractivity contribution in [2.24, 2.45) is 0 Å². The van der Waals surface area contributed by atoms with Gasteiger partial charge in [-0.1, -0.05) is 0 Å². The van der Waals surface area contributed by atoms with Crippen molar-refractivity contribution in [1.29, 1.82) is 0 Å². The second-order valence-corrected chi connectivity index (χ2v) is 7.05. The number of aromatic nitrogens is 1. The maximum absolute atomic E-state index is 9.84. The van der Waals surface area contributed by atoms with Crippen LogP contribution in [0.5, 0.6) is 28.7 Å². The molecule has 26 heavy (non-hydrogen) atoms. The summed E-state index contributed by atoms with van der Waals surface area (Å²) in [6, 6.07) is 9.12. The number of hydrogen-bond donors (Lipinski definition) is 1. The van der Waals surface area contributed by atoms with Crippen LogP contribution in [-0.4, -0.2) is 52.3 Å². The van der Waals surface area contributed by atoms with Gasteiger partial charge in [0.1, 0.15) is 0 Å². The zero-order valence-corrected chi connectivity index (χ0v) is 16.6.